The molecule has 26 heavy (non-hydrogen) atoms. The summed E-state index contributed by atoms with van der Waals surface area (Å²) in [7, 11) is 0. The quantitative estimate of drug-likeness (QED) is 0.816. The molecule has 1 aromatic heterocycles. The zero-order valence-electron chi connectivity index (χ0n) is 15.1. The molecule has 2 aromatic rings. The molecular formula is C19H25N5O2. The standard InChI is InChI=1S/C19H25N5O2/c1-2-20-17-8-9-18(22-21-17)23-10-12-24(13-11-23)19(25)15-26-14-16-6-4-3-5-7-16/h3-9H,2,10-15H2,1H3,(H,20,21). The maximum atomic E-state index is 12.3. The molecule has 7 heteroatoms. The van der Waals surface area contributed by atoms with E-state index in [0.29, 0.717) is 19.7 Å². The number of nitrogens with one attached hydrogen (secondary N) is 1. The lowest BCUT2D eigenvalue weighted by Crippen LogP contribution is -2.50. The third kappa shape index (κ3) is 4.92. The molecule has 0 bridgehead atoms. The van der Waals surface area contributed by atoms with Crippen molar-refractivity contribution in [3.8, 4) is 0 Å². The van der Waals surface area contributed by atoms with Gasteiger partial charge in [-0.25, -0.2) is 0 Å². The fraction of sp³-hybridized carbons (Fsp3) is 0.421. The number of carbonyl (C=O) groups is 1. The van der Waals surface area contributed by atoms with Crippen LogP contribution in [0, 0.1) is 0 Å². The van der Waals surface area contributed by atoms with Crippen LogP contribution in [-0.2, 0) is 16.1 Å². The lowest BCUT2D eigenvalue weighted by molar-refractivity contribution is -0.136. The van der Waals surface area contributed by atoms with Gasteiger partial charge in [0, 0.05) is 32.7 Å². The molecule has 1 N–H and O–H groups in total. The lowest BCUT2D eigenvalue weighted by atomic mass is 10.2. The summed E-state index contributed by atoms with van der Waals surface area (Å²) in [5, 5.41) is 11.6. The van der Waals surface area contributed by atoms with Gasteiger partial charge in [-0.15, -0.1) is 10.2 Å². The van der Waals surface area contributed by atoms with Gasteiger partial charge in [0.05, 0.1) is 6.61 Å². The molecule has 1 aliphatic heterocycles. The van der Waals surface area contributed by atoms with Crippen molar-refractivity contribution in [2.75, 3.05) is 49.5 Å². The number of carbonyl (C=O) groups excluding carboxylic acids is 1. The average Bonchev–Trinajstić information content (AvgIpc) is 2.70. The molecule has 0 unspecified atom stereocenters. The third-order valence-corrected chi connectivity index (χ3v) is 4.30. The Bertz CT molecular complexity index is 685. The van der Waals surface area contributed by atoms with Crippen molar-refractivity contribution in [1.82, 2.24) is 15.1 Å². The number of rotatable bonds is 7. The Morgan fingerprint density at radius 3 is 2.50 bits per heavy atom. The summed E-state index contributed by atoms with van der Waals surface area (Å²) in [6, 6.07) is 13.8. The van der Waals surface area contributed by atoms with Gasteiger partial charge in [-0.3, -0.25) is 4.79 Å². The zero-order chi connectivity index (χ0) is 18.2. The highest BCUT2D eigenvalue weighted by atomic mass is 16.5. The molecule has 1 amide bonds. The average molecular weight is 355 g/mol. The first-order chi connectivity index (χ1) is 12.8. The van der Waals surface area contributed by atoms with E-state index < -0.39 is 0 Å². The summed E-state index contributed by atoms with van der Waals surface area (Å²) >= 11 is 0. The van der Waals surface area contributed by atoms with Crippen molar-refractivity contribution in [2.45, 2.75) is 13.5 Å². The minimum absolute atomic E-state index is 0.0363. The van der Waals surface area contributed by atoms with Gasteiger partial charge in [-0.1, -0.05) is 30.3 Å². The van der Waals surface area contributed by atoms with Gasteiger partial charge in [0.25, 0.3) is 0 Å². The van der Waals surface area contributed by atoms with Crippen LogP contribution in [0.4, 0.5) is 11.6 Å². The smallest absolute Gasteiger partial charge is 0.248 e. The predicted molar refractivity (Wildman–Crippen MR) is 101 cm³/mol. The van der Waals surface area contributed by atoms with E-state index in [1.54, 1.807) is 0 Å². The molecule has 2 heterocycles. The van der Waals surface area contributed by atoms with E-state index in [1.165, 1.54) is 0 Å². The van der Waals surface area contributed by atoms with Gasteiger partial charge in [-0.05, 0) is 24.6 Å². The first kappa shape index (κ1) is 18.1. The van der Waals surface area contributed by atoms with Crippen molar-refractivity contribution in [3.05, 3.63) is 48.0 Å². The SMILES string of the molecule is CCNc1ccc(N2CCN(C(=O)COCc3ccccc3)CC2)nn1. The topological polar surface area (TPSA) is 70.6 Å². The van der Waals surface area contributed by atoms with Crippen LogP contribution in [0.25, 0.3) is 0 Å². The van der Waals surface area contributed by atoms with Gasteiger partial charge in [-0.2, -0.15) is 0 Å². The number of hydrogen-bond donors (Lipinski definition) is 1. The first-order valence-electron chi connectivity index (χ1n) is 8.98. The van der Waals surface area contributed by atoms with Crippen LogP contribution >= 0.6 is 0 Å². The number of ether oxygens (including phenoxy) is 1. The van der Waals surface area contributed by atoms with Gasteiger partial charge >= 0.3 is 0 Å². The van der Waals surface area contributed by atoms with Crippen LogP contribution in [-0.4, -0.2) is 60.3 Å². The molecule has 7 nitrogen and oxygen atoms in total. The summed E-state index contributed by atoms with van der Waals surface area (Å²) < 4.78 is 5.55. The Morgan fingerprint density at radius 1 is 1.08 bits per heavy atom. The second kappa shape index (κ2) is 9.15. The highest BCUT2D eigenvalue weighted by molar-refractivity contribution is 5.77. The molecule has 1 fully saturated rings. The van der Waals surface area contributed by atoms with E-state index in [0.717, 1.165) is 36.8 Å². The van der Waals surface area contributed by atoms with Gasteiger partial charge in [0.15, 0.2) is 5.82 Å². The normalized spacial score (nSPS) is 14.3. The summed E-state index contributed by atoms with van der Waals surface area (Å²) in [6.07, 6.45) is 0. The molecule has 138 valence electrons. The number of piperazine rings is 1. The Hall–Kier alpha value is -2.67. The van der Waals surface area contributed by atoms with Crippen LogP contribution in [0.5, 0.6) is 0 Å². The fourth-order valence-electron chi connectivity index (χ4n) is 2.88. The molecular weight excluding hydrogens is 330 g/mol. The number of nitrogens with zero attached hydrogens (tertiary/aromatic N) is 4. The number of anilines is 2. The molecule has 1 aromatic carbocycles. The van der Waals surface area contributed by atoms with E-state index in [2.05, 4.69) is 20.4 Å². The van der Waals surface area contributed by atoms with Crippen molar-refractivity contribution in [2.24, 2.45) is 0 Å². The van der Waals surface area contributed by atoms with Crippen LogP contribution in [0.15, 0.2) is 42.5 Å². The molecule has 0 radical (unpaired) electrons. The van der Waals surface area contributed by atoms with Crippen molar-refractivity contribution >= 4 is 17.5 Å². The van der Waals surface area contributed by atoms with Crippen molar-refractivity contribution in [1.29, 1.82) is 0 Å². The number of amides is 1. The van der Waals surface area contributed by atoms with E-state index >= 15 is 0 Å². The Kier molecular flexibility index (Phi) is 6.38. The first-order valence-corrected chi connectivity index (χ1v) is 8.98. The van der Waals surface area contributed by atoms with E-state index in [1.807, 2.05) is 54.3 Å². The highest BCUT2D eigenvalue weighted by Crippen LogP contribution is 2.14. The van der Waals surface area contributed by atoms with E-state index in [9.17, 15) is 4.79 Å². The fourth-order valence-corrected chi connectivity index (χ4v) is 2.88. The second-order valence-electron chi connectivity index (χ2n) is 6.15. The van der Waals surface area contributed by atoms with Crippen LogP contribution in [0.2, 0.25) is 0 Å². The molecule has 0 atom stereocenters. The van der Waals surface area contributed by atoms with E-state index in [-0.39, 0.29) is 12.5 Å². The molecule has 0 aliphatic carbocycles. The Morgan fingerprint density at radius 2 is 1.85 bits per heavy atom. The molecule has 0 spiro atoms. The third-order valence-electron chi connectivity index (χ3n) is 4.30. The molecule has 1 saturated heterocycles. The minimum atomic E-state index is 0.0363. The van der Waals surface area contributed by atoms with Gasteiger partial charge in [0.2, 0.25) is 5.91 Å². The molecule has 0 saturated carbocycles. The summed E-state index contributed by atoms with van der Waals surface area (Å²) in [6.45, 7) is 6.26. The maximum Gasteiger partial charge on any atom is 0.248 e. The Labute approximate surface area is 154 Å². The number of aromatic nitrogens is 2. The summed E-state index contributed by atoms with van der Waals surface area (Å²) in [5.41, 5.74) is 1.07. The van der Waals surface area contributed by atoms with Gasteiger partial charge < -0.3 is 19.9 Å². The lowest BCUT2D eigenvalue weighted by Gasteiger charge is -2.35. The van der Waals surface area contributed by atoms with E-state index in [4.69, 9.17) is 4.74 Å². The van der Waals surface area contributed by atoms with Crippen LogP contribution < -0.4 is 10.2 Å². The largest absolute Gasteiger partial charge is 0.369 e. The van der Waals surface area contributed by atoms with Crippen molar-refractivity contribution < 1.29 is 9.53 Å². The molecule has 3 rings (SSSR count). The number of hydrogen-bond acceptors (Lipinski definition) is 6. The zero-order valence-corrected chi connectivity index (χ0v) is 15.1. The second-order valence-corrected chi connectivity index (χ2v) is 6.15. The van der Waals surface area contributed by atoms with Crippen LogP contribution in [0.3, 0.4) is 0 Å². The Balaban J connectivity index is 1.42. The highest BCUT2D eigenvalue weighted by Gasteiger charge is 2.22. The van der Waals surface area contributed by atoms with Crippen molar-refractivity contribution in [3.63, 3.8) is 0 Å². The number of benzene rings is 1. The predicted octanol–water partition coefficient (Wildman–Crippen LogP) is 1.77. The maximum absolute atomic E-state index is 12.3. The minimum Gasteiger partial charge on any atom is -0.369 e. The summed E-state index contributed by atoms with van der Waals surface area (Å²) in [5.74, 6) is 1.66. The van der Waals surface area contributed by atoms with Crippen LogP contribution in [0.1, 0.15) is 12.5 Å². The molecule has 1 aliphatic rings. The monoisotopic (exact) mass is 355 g/mol. The van der Waals surface area contributed by atoms with Gasteiger partial charge in [0.1, 0.15) is 12.4 Å². The summed E-state index contributed by atoms with van der Waals surface area (Å²) in [4.78, 5) is 16.3.